The second-order valence-electron chi connectivity index (χ2n) is 7.58. The van der Waals surface area contributed by atoms with Gasteiger partial charge in [-0.3, -0.25) is 4.79 Å². The van der Waals surface area contributed by atoms with Gasteiger partial charge in [0.15, 0.2) is 6.61 Å². The van der Waals surface area contributed by atoms with Crippen LogP contribution in [-0.4, -0.2) is 19.2 Å². The SMILES string of the molecule is CCCCOC(=O)COc1ccc2c(=O)c(Oc3cc(C)c(Cl)c(C)c3)c(C(F)(F)F)oc2c1. The number of fused-ring (bicyclic) bond motifs is 1. The summed E-state index contributed by atoms with van der Waals surface area (Å²) >= 11 is 6.10. The van der Waals surface area contributed by atoms with Crippen molar-refractivity contribution in [1.29, 1.82) is 0 Å². The molecule has 3 aromatic rings. The molecule has 2 aromatic carbocycles. The third-order valence-electron chi connectivity index (χ3n) is 4.83. The van der Waals surface area contributed by atoms with Crippen LogP contribution in [0.25, 0.3) is 11.0 Å². The van der Waals surface area contributed by atoms with Crippen LogP contribution in [0.15, 0.2) is 39.5 Å². The number of carbonyl (C=O) groups is 1. The van der Waals surface area contributed by atoms with E-state index in [1.165, 1.54) is 24.3 Å². The van der Waals surface area contributed by atoms with Crippen LogP contribution < -0.4 is 14.9 Å². The van der Waals surface area contributed by atoms with Gasteiger partial charge in [-0.1, -0.05) is 24.9 Å². The normalized spacial score (nSPS) is 11.5. The van der Waals surface area contributed by atoms with Crippen LogP contribution in [0.4, 0.5) is 13.2 Å². The summed E-state index contributed by atoms with van der Waals surface area (Å²) in [6.45, 7) is 5.07. The molecule has 1 heterocycles. The highest BCUT2D eigenvalue weighted by atomic mass is 35.5. The first-order valence-corrected chi connectivity index (χ1v) is 10.8. The maximum atomic E-state index is 13.8. The van der Waals surface area contributed by atoms with Crippen molar-refractivity contribution in [2.75, 3.05) is 13.2 Å². The average Bonchev–Trinajstić information content (AvgIpc) is 2.77. The van der Waals surface area contributed by atoms with Crippen LogP contribution in [0.3, 0.4) is 0 Å². The van der Waals surface area contributed by atoms with Gasteiger partial charge < -0.3 is 18.6 Å². The molecule has 0 saturated carbocycles. The van der Waals surface area contributed by atoms with Gasteiger partial charge in [0, 0.05) is 11.1 Å². The molecule has 0 aliphatic carbocycles. The molecule has 0 atom stereocenters. The van der Waals surface area contributed by atoms with E-state index >= 15 is 0 Å². The molecule has 0 radical (unpaired) electrons. The van der Waals surface area contributed by atoms with Crippen LogP contribution in [0, 0.1) is 13.8 Å². The Morgan fingerprint density at radius 3 is 2.38 bits per heavy atom. The smallest absolute Gasteiger partial charge is 0.453 e. The minimum Gasteiger partial charge on any atom is -0.482 e. The number of esters is 1. The first kappa shape index (κ1) is 25.4. The van der Waals surface area contributed by atoms with Gasteiger partial charge in [0.2, 0.25) is 11.2 Å². The maximum absolute atomic E-state index is 13.8. The van der Waals surface area contributed by atoms with Gasteiger partial charge in [-0.2, -0.15) is 13.2 Å². The third kappa shape index (κ3) is 5.83. The molecule has 0 spiro atoms. The van der Waals surface area contributed by atoms with Crippen LogP contribution in [0.5, 0.6) is 17.2 Å². The molecular formula is C24H22ClF3O6. The monoisotopic (exact) mass is 498 g/mol. The van der Waals surface area contributed by atoms with Gasteiger partial charge >= 0.3 is 12.1 Å². The van der Waals surface area contributed by atoms with Crippen molar-refractivity contribution in [3.8, 4) is 17.2 Å². The molecule has 3 rings (SSSR count). The van der Waals surface area contributed by atoms with Gasteiger partial charge in [-0.15, -0.1) is 0 Å². The molecule has 0 aliphatic heterocycles. The number of unbranched alkanes of at least 4 members (excludes halogenated alkanes) is 1. The molecule has 1 aromatic heterocycles. The van der Waals surface area contributed by atoms with E-state index in [-0.39, 0.29) is 29.1 Å². The predicted octanol–water partition coefficient (Wildman–Crippen LogP) is 6.60. The van der Waals surface area contributed by atoms with Gasteiger partial charge in [-0.05, 0) is 55.7 Å². The minimum absolute atomic E-state index is 0.0121. The summed E-state index contributed by atoms with van der Waals surface area (Å²) in [5.74, 6) is -3.16. The molecule has 10 heteroatoms. The maximum Gasteiger partial charge on any atom is 0.453 e. The van der Waals surface area contributed by atoms with Crippen molar-refractivity contribution in [2.45, 2.75) is 39.8 Å². The zero-order chi connectivity index (χ0) is 25.0. The summed E-state index contributed by atoms with van der Waals surface area (Å²) in [5, 5.41) is 0.291. The number of hydrogen-bond donors (Lipinski definition) is 0. The zero-order valence-electron chi connectivity index (χ0n) is 18.7. The molecule has 6 nitrogen and oxygen atoms in total. The van der Waals surface area contributed by atoms with E-state index in [4.69, 9.17) is 30.2 Å². The second-order valence-corrected chi connectivity index (χ2v) is 7.96. The predicted molar refractivity (Wildman–Crippen MR) is 120 cm³/mol. The first-order chi connectivity index (χ1) is 16.0. The number of halogens is 4. The summed E-state index contributed by atoms with van der Waals surface area (Å²) in [6, 6.07) is 6.54. The molecule has 0 fully saturated rings. The fourth-order valence-corrected chi connectivity index (χ4v) is 3.23. The van der Waals surface area contributed by atoms with E-state index in [1.807, 2.05) is 6.92 Å². The van der Waals surface area contributed by atoms with Gasteiger partial charge in [-0.25, -0.2) is 4.79 Å². The molecule has 0 amide bonds. The Morgan fingerprint density at radius 1 is 1.09 bits per heavy atom. The Bertz CT molecular complexity index is 1240. The van der Waals surface area contributed by atoms with Crippen molar-refractivity contribution < 1.29 is 36.6 Å². The molecule has 0 bridgehead atoms. The molecule has 34 heavy (non-hydrogen) atoms. The topological polar surface area (TPSA) is 75.0 Å². The van der Waals surface area contributed by atoms with E-state index in [0.717, 1.165) is 12.5 Å². The van der Waals surface area contributed by atoms with E-state index in [1.54, 1.807) is 13.8 Å². The number of rotatable bonds is 8. The summed E-state index contributed by atoms with van der Waals surface area (Å²) in [7, 11) is 0. The van der Waals surface area contributed by atoms with E-state index in [9.17, 15) is 22.8 Å². The van der Waals surface area contributed by atoms with Crippen molar-refractivity contribution >= 4 is 28.5 Å². The summed E-state index contributed by atoms with van der Waals surface area (Å²) < 4.78 is 61.9. The minimum atomic E-state index is -5.01. The van der Waals surface area contributed by atoms with Crippen molar-refractivity contribution in [3.05, 3.63) is 62.5 Å². The van der Waals surface area contributed by atoms with E-state index in [2.05, 4.69) is 0 Å². The van der Waals surface area contributed by atoms with E-state index < -0.39 is 35.7 Å². The average molecular weight is 499 g/mol. The van der Waals surface area contributed by atoms with Crippen molar-refractivity contribution in [2.24, 2.45) is 0 Å². The summed E-state index contributed by atoms with van der Waals surface area (Å²) in [5.41, 5.74) is -0.231. The Hall–Kier alpha value is -3.20. The first-order valence-electron chi connectivity index (χ1n) is 10.4. The highest BCUT2D eigenvalue weighted by molar-refractivity contribution is 6.32. The summed E-state index contributed by atoms with van der Waals surface area (Å²) in [4.78, 5) is 24.6. The lowest BCUT2D eigenvalue weighted by atomic mass is 10.1. The number of benzene rings is 2. The summed E-state index contributed by atoms with van der Waals surface area (Å²) in [6.07, 6.45) is -3.46. The number of carbonyl (C=O) groups excluding carboxylic acids is 1. The quantitative estimate of drug-likeness (QED) is 0.257. The molecule has 0 aliphatic rings. The lowest BCUT2D eigenvalue weighted by Crippen LogP contribution is -2.16. The Kier molecular flexibility index (Phi) is 7.76. The largest absolute Gasteiger partial charge is 0.482 e. The van der Waals surface area contributed by atoms with Crippen molar-refractivity contribution in [3.63, 3.8) is 0 Å². The van der Waals surface area contributed by atoms with E-state index in [0.29, 0.717) is 22.6 Å². The van der Waals surface area contributed by atoms with Gasteiger partial charge in [0.1, 0.15) is 17.1 Å². The molecule has 182 valence electrons. The van der Waals surface area contributed by atoms with Crippen LogP contribution in [0.1, 0.15) is 36.7 Å². The number of hydrogen-bond acceptors (Lipinski definition) is 6. The standard InChI is InChI=1S/C24H22ClF3O6/c1-4-5-8-31-19(29)12-32-15-6-7-17-18(11-15)34-23(24(26,27)28)22(21(17)30)33-16-9-13(2)20(25)14(3)10-16/h6-7,9-11H,4-5,8,12H2,1-3H3. The fourth-order valence-electron chi connectivity index (χ4n) is 3.12. The molecule has 0 unspecified atom stereocenters. The lowest BCUT2D eigenvalue weighted by molar-refractivity contribution is -0.154. The lowest BCUT2D eigenvalue weighted by Gasteiger charge is -2.15. The van der Waals surface area contributed by atoms with Crippen LogP contribution in [0.2, 0.25) is 5.02 Å². The molecule has 0 saturated heterocycles. The number of ether oxygens (including phenoxy) is 3. The van der Waals surface area contributed by atoms with Gasteiger partial charge in [0.25, 0.3) is 5.76 Å². The second kappa shape index (κ2) is 10.4. The van der Waals surface area contributed by atoms with Crippen LogP contribution in [-0.2, 0) is 15.7 Å². The highest BCUT2D eigenvalue weighted by Crippen LogP contribution is 2.39. The molecular weight excluding hydrogens is 477 g/mol. The van der Waals surface area contributed by atoms with Crippen LogP contribution >= 0.6 is 11.6 Å². The Morgan fingerprint density at radius 2 is 1.76 bits per heavy atom. The zero-order valence-corrected chi connectivity index (χ0v) is 19.4. The molecule has 0 N–H and O–H groups in total. The van der Waals surface area contributed by atoms with Gasteiger partial charge in [0.05, 0.1) is 12.0 Å². The van der Waals surface area contributed by atoms with Crippen molar-refractivity contribution in [1.82, 2.24) is 0 Å². The highest BCUT2D eigenvalue weighted by Gasteiger charge is 2.40. The third-order valence-corrected chi connectivity index (χ3v) is 5.42. The fraction of sp³-hybridized carbons (Fsp3) is 0.333. The number of alkyl halides is 3. The Labute approximate surface area is 198 Å². The Balaban J connectivity index is 1.96. The number of aryl methyl sites for hydroxylation is 2.